The van der Waals surface area contributed by atoms with Crippen molar-refractivity contribution < 1.29 is 0 Å². The molecule has 0 unspecified atom stereocenters. The molecule has 5 rings (SSSR count). The van der Waals surface area contributed by atoms with E-state index in [0.29, 0.717) is 46.0 Å². The first-order chi connectivity index (χ1) is 20.9. The minimum atomic E-state index is -0.456. The lowest BCUT2D eigenvalue weighted by molar-refractivity contribution is 0.191. The molecule has 1 aromatic carbocycles. The van der Waals surface area contributed by atoms with Crippen LogP contribution in [-0.2, 0) is 6.54 Å². The molecule has 1 fully saturated rings. The molecule has 44 heavy (non-hydrogen) atoms. The summed E-state index contributed by atoms with van der Waals surface area (Å²) in [5.41, 5.74) is 12.0. The molecule has 1 saturated carbocycles. The summed E-state index contributed by atoms with van der Waals surface area (Å²) in [7, 11) is 0. The van der Waals surface area contributed by atoms with Gasteiger partial charge in [-0.05, 0) is 68.4 Å². The number of hydrogen-bond donors (Lipinski definition) is 4. The van der Waals surface area contributed by atoms with E-state index in [1.165, 1.54) is 0 Å². The molecule has 3 heterocycles. The topological polar surface area (TPSA) is 110 Å². The predicted molar refractivity (Wildman–Crippen MR) is 181 cm³/mol. The van der Waals surface area contributed by atoms with E-state index < -0.39 is 6.04 Å². The second kappa shape index (κ2) is 12.0. The van der Waals surface area contributed by atoms with E-state index in [1.54, 1.807) is 10.8 Å². The van der Waals surface area contributed by atoms with Gasteiger partial charge in [-0.25, -0.2) is 0 Å². The molecule has 3 aromatic rings. The van der Waals surface area contributed by atoms with Crippen LogP contribution in [0.2, 0.25) is 5.02 Å². The van der Waals surface area contributed by atoms with Gasteiger partial charge in [-0.3, -0.25) is 14.8 Å². The number of rotatable bonds is 10. The van der Waals surface area contributed by atoms with E-state index in [4.69, 9.17) is 11.6 Å². The second-order valence-electron chi connectivity index (χ2n) is 13.0. The van der Waals surface area contributed by atoms with Crippen molar-refractivity contribution in [2.45, 2.75) is 72.5 Å². The first-order valence-electron chi connectivity index (χ1n) is 15.0. The van der Waals surface area contributed by atoms with Gasteiger partial charge in [-0.1, -0.05) is 51.1 Å². The molecule has 2 aromatic heterocycles. The molecule has 230 valence electrons. The van der Waals surface area contributed by atoms with Crippen LogP contribution in [0.4, 0.5) is 11.4 Å². The van der Waals surface area contributed by atoms with Crippen molar-refractivity contribution in [2.75, 3.05) is 17.2 Å². The van der Waals surface area contributed by atoms with Crippen LogP contribution in [0.25, 0.3) is 22.6 Å². The lowest BCUT2D eigenvalue weighted by Gasteiger charge is -2.25. The van der Waals surface area contributed by atoms with Crippen molar-refractivity contribution in [3.8, 4) is 6.07 Å². The third kappa shape index (κ3) is 6.19. The molecule has 0 saturated heterocycles. The molecule has 0 radical (unpaired) electrons. The fraction of sp³-hybridized carbons (Fsp3) is 0.382. The lowest BCUT2D eigenvalue weighted by atomic mass is 9.94. The largest absolute Gasteiger partial charge is 0.383 e. The van der Waals surface area contributed by atoms with E-state index in [0.717, 1.165) is 35.2 Å². The summed E-state index contributed by atoms with van der Waals surface area (Å²) in [5, 5.41) is 20.3. The zero-order valence-electron chi connectivity index (χ0n) is 26.3. The maximum atomic E-state index is 13.4. The number of nitrogens with zero attached hydrogens (tertiary/aromatic N) is 4. The number of hydrogen-bond acceptors (Lipinski definition) is 8. The van der Waals surface area contributed by atoms with E-state index in [-0.39, 0.29) is 16.5 Å². The zero-order chi connectivity index (χ0) is 31.8. The van der Waals surface area contributed by atoms with Crippen LogP contribution in [-0.4, -0.2) is 32.7 Å². The summed E-state index contributed by atoms with van der Waals surface area (Å²) in [6.45, 7) is 18.2. The van der Waals surface area contributed by atoms with Gasteiger partial charge in [0.1, 0.15) is 6.07 Å². The average molecular weight is 613 g/mol. The van der Waals surface area contributed by atoms with Gasteiger partial charge < -0.3 is 20.6 Å². The molecule has 1 atom stereocenters. The van der Waals surface area contributed by atoms with Crippen molar-refractivity contribution in [1.29, 1.82) is 5.26 Å². The van der Waals surface area contributed by atoms with Gasteiger partial charge in [-0.15, -0.1) is 5.53 Å². The number of aromatic nitrogens is 2. The normalized spacial score (nSPS) is 16.4. The van der Waals surface area contributed by atoms with E-state index in [9.17, 15) is 10.1 Å². The van der Waals surface area contributed by atoms with E-state index in [1.807, 2.05) is 50.4 Å². The highest BCUT2D eigenvalue weighted by Crippen LogP contribution is 2.42. The van der Waals surface area contributed by atoms with Crippen LogP contribution in [0.5, 0.6) is 0 Å². The first kappa shape index (κ1) is 31.2. The van der Waals surface area contributed by atoms with Gasteiger partial charge in [0.2, 0.25) is 0 Å². The number of benzene rings is 1. The Morgan fingerprint density at radius 3 is 2.73 bits per heavy atom. The summed E-state index contributed by atoms with van der Waals surface area (Å²) in [4.78, 5) is 17.9. The number of anilines is 2. The van der Waals surface area contributed by atoms with Gasteiger partial charge in [0.05, 0.1) is 39.1 Å². The van der Waals surface area contributed by atoms with Crippen molar-refractivity contribution >= 4 is 45.5 Å². The molecule has 10 heteroatoms. The number of allylic oxidation sites excluding steroid dienone is 1. The Bertz CT molecular complexity index is 1770. The Labute approximate surface area is 264 Å². The molecule has 0 bridgehead atoms. The second-order valence-corrected chi connectivity index (χ2v) is 13.4. The third-order valence-electron chi connectivity index (χ3n) is 8.18. The molecular weight excluding hydrogens is 572 g/mol. The maximum absolute atomic E-state index is 13.4. The number of aryl methyl sites for hydroxylation is 1. The van der Waals surface area contributed by atoms with Gasteiger partial charge in [0, 0.05) is 48.3 Å². The SMILES string of the molecule is C=C(c1ccn(CC)c(=O)c1/C=C\C)[C@H](Nc1cc(Cl)c2ncc(C#N)c(NCC(C)(C)C)c2c1)C1=CN(C2(C)CC2)NN1. The standard InChI is InChI=1S/C34H41ClN8O/c1-8-10-25-24(11-14-42(9-2)32(25)44)21(3)29(28-19-43(41-40-28)34(7)12-13-34)39-23-15-26-30(38-20-33(4,5)6)22(17-36)18-37-31(26)27(35)16-23/h8,10-11,14-16,18-19,29,39-41H,3,9,12-13,20H2,1-2,4-7H3,(H,37,38)/b10-8-/t29-/m0/s1. The lowest BCUT2D eigenvalue weighted by Crippen LogP contribution is -2.44. The summed E-state index contributed by atoms with van der Waals surface area (Å²) in [6.07, 6.45) is 11.3. The minimum absolute atomic E-state index is 0.0147. The van der Waals surface area contributed by atoms with Crippen LogP contribution in [0.15, 0.2) is 59.9 Å². The Morgan fingerprint density at radius 2 is 2.09 bits per heavy atom. The number of hydrazine groups is 2. The summed E-state index contributed by atoms with van der Waals surface area (Å²) >= 11 is 6.83. The van der Waals surface area contributed by atoms with E-state index in [2.05, 4.69) is 78.1 Å². The average Bonchev–Trinajstić information content (AvgIpc) is 3.53. The van der Waals surface area contributed by atoms with Gasteiger partial charge in [0.25, 0.3) is 5.56 Å². The monoisotopic (exact) mass is 612 g/mol. The number of nitrogens with one attached hydrogen (secondary N) is 4. The highest BCUT2D eigenvalue weighted by atomic mass is 35.5. The van der Waals surface area contributed by atoms with Gasteiger partial charge >= 0.3 is 0 Å². The zero-order valence-corrected chi connectivity index (χ0v) is 27.1. The Morgan fingerprint density at radius 1 is 1.34 bits per heavy atom. The number of pyridine rings is 2. The number of fused-ring (bicyclic) bond motifs is 1. The number of nitriles is 1. The Kier molecular flexibility index (Phi) is 8.52. The highest BCUT2D eigenvalue weighted by molar-refractivity contribution is 6.35. The smallest absolute Gasteiger partial charge is 0.258 e. The van der Waals surface area contributed by atoms with Crippen LogP contribution in [0, 0.1) is 16.7 Å². The fourth-order valence-electron chi connectivity index (χ4n) is 5.28. The minimum Gasteiger partial charge on any atom is -0.383 e. The van der Waals surface area contributed by atoms with Crippen molar-refractivity contribution in [2.24, 2.45) is 5.41 Å². The maximum Gasteiger partial charge on any atom is 0.258 e. The van der Waals surface area contributed by atoms with Crippen LogP contribution < -0.4 is 27.2 Å². The molecule has 1 aliphatic heterocycles. The summed E-state index contributed by atoms with van der Waals surface area (Å²) in [6, 6.07) is 7.56. The molecule has 2 aliphatic rings. The first-order valence-corrected chi connectivity index (χ1v) is 15.4. The van der Waals surface area contributed by atoms with Crippen molar-refractivity contribution in [3.05, 3.63) is 87.2 Å². The van der Waals surface area contributed by atoms with Gasteiger partial charge in [-0.2, -0.15) is 5.26 Å². The third-order valence-corrected chi connectivity index (χ3v) is 8.47. The molecule has 1 aliphatic carbocycles. The fourth-order valence-corrected chi connectivity index (χ4v) is 5.55. The predicted octanol–water partition coefficient (Wildman–Crippen LogP) is 6.65. The van der Waals surface area contributed by atoms with Crippen molar-refractivity contribution in [1.82, 2.24) is 25.5 Å². The van der Waals surface area contributed by atoms with E-state index >= 15 is 0 Å². The molecule has 9 nitrogen and oxygen atoms in total. The quantitative estimate of drug-likeness (QED) is 0.202. The van der Waals surface area contributed by atoms with Crippen molar-refractivity contribution in [3.63, 3.8) is 0 Å². The molecular formula is C34H41ClN8O. The van der Waals surface area contributed by atoms with Crippen LogP contribution in [0.1, 0.15) is 71.1 Å². The number of halogens is 1. The molecule has 0 spiro atoms. The Balaban J connectivity index is 1.62. The Hall–Kier alpha value is -4.26. The van der Waals surface area contributed by atoms with Gasteiger partial charge in [0.15, 0.2) is 0 Å². The summed E-state index contributed by atoms with van der Waals surface area (Å²) in [5.74, 6) is 0. The van der Waals surface area contributed by atoms with Crippen LogP contribution in [0.3, 0.4) is 0 Å². The highest BCUT2D eigenvalue weighted by Gasteiger charge is 2.44. The summed E-state index contributed by atoms with van der Waals surface area (Å²) < 4.78 is 1.69. The molecule has 0 amide bonds. The molecule has 4 N–H and O–H groups in total. The van der Waals surface area contributed by atoms with Crippen LogP contribution >= 0.6 is 11.6 Å².